The number of carbonyl (C=O) groups is 1. The number of hydrogen-bond acceptors (Lipinski definition) is 6. The summed E-state index contributed by atoms with van der Waals surface area (Å²) in [5, 5.41) is 12.2. The van der Waals surface area contributed by atoms with Crippen LogP contribution in [-0.4, -0.2) is 58.5 Å². The van der Waals surface area contributed by atoms with E-state index in [0.29, 0.717) is 48.7 Å². The Morgan fingerprint density at radius 2 is 1.85 bits per heavy atom. The van der Waals surface area contributed by atoms with E-state index in [1.54, 1.807) is 42.2 Å². The number of fused-ring (bicyclic) bond motifs is 1. The zero-order chi connectivity index (χ0) is 23.9. The van der Waals surface area contributed by atoms with Crippen molar-refractivity contribution in [2.45, 2.75) is 44.0 Å². The number of rotatable bonds is 5. The van der Waals surface area contributed by atoms with Gasteiger partial charge in [0.15, 0.2) is 0 Å². The van der Waals surface area contributed by atoms with Crippen LogP contribution in [-0.2, 0) is 27.8 Å². The van der Waals surface area contributed by atoms with Gasteiger partial charge in [-0.3, -0.25) is 4.79 Å². The molecule has 3 aromatic rings. The Hall–Kier alpha value is -3.18. The van der Waals surface area contributed by atoms with Crippen molar-refractivity contribution in [2.75, 3.05) is 24.5 Å². The van der Waals surface area contributed by atoms with E-state index < -0.39 is 10.0 Å². The van der Waals surface area contributed by atoms with Crippen LogP contribution in [0.5, 0.6) is 0 Å². The van der Waals surface area contributed by atoms with E-state index in [1.165, 1.54) is 15.2 Å². The first-order valence-corrected chi connectivity index (χ1v) is 12.7. The second kappa shape index (κ2) is 8.88. The first-order valence-electron chi connectivity index (χ1n) is 11.3. The second-order valence-electron chi connectivity index (χ2n) is 8.66. The van der Waals surface area contributed by atoms with Crippen molar-refractivity contribution in [3.05, 3.63) is 53.3 Å². The van der Waals surface area contributed by atoms with Crippen molar-refractivity contribution in [3.63, 3.8) is 0 Å². The lowest BCUT2D eigenvalue weighted by Gasteiger charge is -2.30. The molecular weight excluding hydrogens is 459 g/mol. The second-order valence-corrected chi connectivity index (χ2v) is 10.6. The number of sulfonamides is 1. The summed E-state index contributed by atoms with van der Waals surface area (Å²) in [6, 6.07) is 9.55. The summed E-state index contributed by atoms with van der Waals surface area (Å²) in [6.07, 6.45) is 3.20. The van der Waals surface area contributed by atoms with E-state index in [0.717, 1.165) is 24.8 Å². The molecule has 0 unspecified atom stereocenters. The maximum absolute atomic E-state index is 13.5. The van der Waals surface area contributed by atoms with Crippen molar-refractivity contribution in [2.24, 2.45) is 0 Å². The van der Waals surface area contributed by atoms with Crippen LogP contribution in [0.15, 0.2) is 41.3 Å². The van der Waals surface area contributed by atoms with Gasteiger partial charge in [-0.15, -0.1) is 10.2 Å². The molecule has 1 saturated heterocycles. The van der Waals surface area contributed by atoms with Crippen molar-refractivity contribution in [3.8, 4) is 11.4 Å². The van der Waals surface area contributed by atoms with Gasteiger partial charge in [-0.05, 0) is 85.3 Å². The monoisotopic (exact) mass is 484 g/mol. The molecule has 1 aromatic heterocycles. The molecule has 0 radical (unpaired) electrons. The molecular formula is C23H25FN6O3S. The molecule has 0 atom stereocenters. The molecule has 178 valence electrons. The maximum Gasteiger partial charge on any atom is 0.250 e. The Labute approximate surface area is 197 Å². The van der Waals surface area contributed by atoms with Crippen molar-refractivity contribution >= 4 is 21.6 Å². The molecule has 2 aliphatic rings. The lowest BCUT2D eigenvalue weighted by Crippen LogP contribution is -2.38. The number of amides is 1. The fraction of sp³-hybridized carbons (Fsp3) is 0.391. The number of nitrogens with zero attached hydrogens (tertiary/aromatic N) is 6. The normalized spacial score (nSPS) is 16.6. The highest BCUT2D eigenvalue weighted by molar-refractivity contribution is 7.89. The Balaban J connectivity index is 1.34. The van der Waals surface area contributed by atoms with Gasteiger partial charge in [0.25, 0.3) is 5.91 Å². The summed E-state index contributed by atoms with van der Waals surface area (Å²) >= 11 is 0. The minimum absolute atomic E-state index is 0.111. The van der Waals surface area contributed by atoms with Gasteiger partial charge in [0.05, 0.1) is 4.90 Å². The predicted octanol–water partition coefficient (Wildman–Crippen LogP) is 2.55. The van der Waals surface area contributed by atoms with Crippen LogP contribution in [0.2, 0.25) is 0 Å². The smallest absolute Gasteiger partial charge is 0.250 e. The molecule has 2 aromatic carbocycles. The van der Waals surface area contributed by atoms with Crippen LogP contribution in [0.4, 0.5) is 10.1 Å². The molecule has 34 heavy (non-hydrogen) atoms. The lowest BCUT2D eigenvalue weighted by atomic mass is 10.0. The summed E-state index contributed by atoms with van der Waals surface area (Å²) in [7, 11) is -3.51. The number of anilines is 1. The minimum Gasteiger partial charge on any atom is -0.310 e. The topological polar surface area (TPSA) is 101 Å². The van der Waals surface area contributed by atoms with Crippen LogP contribution < -0.4 is 4.90 Å². The average molecular weight is 485 g/mol. The molecule has 1 amide bonds. The first kappa shape index (κ1) is 22.6. The molecule has 0 bridgehead atoms. The van der Waals surface area contributed by atoms with Crippen LogP contribution >= 0.6 is 0 Å². The van der Waals surface area contributed by atoms with Gasteiger partial charge in [0.2, 0.25) is 15.8 Å². The van der Waals surface area contributed by atoms with Crippen molar-refractivity contribution in [1.29, 1.82) is 0 Å². The van der Waals surface area contributed by atoms with E-state index in [4.69, 9.17) is 0 Å². The van der Waals surface area contributed by atoms with E-state index in [1.807, 2.05) is 0 Å². The zero-order valence-electron chi connectivity index (χ0n) is 18.8. The van der Waals surface area contributed by atoms with E-state index in [-0.39, 0.29) is 23.2 Å². The Bertz CT molecular complexity index is 1350. The van der Waals surface area contributed by atoms with Crippen LogP contribution in [0, 0.1) is 12.7 Å². The third kappa shape index (κ3) is 4.21. The lowest BCUT2D eigenvalue weighted by molar-refractivity contribution is -0.119. The van der Waals surface area contributed by atoms with Gasteiger partial charge in [0, 0.05) is 30.9 Å². The Kier molecular flexibility index (Phi) is 5.90. The van der Waals surface area contributed by atoms with Gasteiger partial charge in [-0.25, -0.2) is 12.8 Å². The molecule has 0 saturated carbocycles. The van der Waals surface area contributed by atoms with Gasteiger partial charge < -0.3 is 4.90 Å². The molecule has 0 spiro atoms. The summed E-state index contributed by atoms with van der Waals surface area (Å²) in [5.74, 6) is -0.214. The van der Waals surface area contributed by atoms with Gasteiger partial charge in [0.1, 0.15) is 12.4 Å². The van der Waals surface area contributed by atoms with Crippen LogP contribution in [0.25, 0.3) is 11.4 Å². The number of benzene rings is 2. The molecule has 1 fully saturated rings. The quantitative estimate of drug-likeness (QED) is 0.552. The summed E-state index contributed by atoms with van der Waals surface area (Å²) in [5.41, 5.74) is 2.65. The Morgan fingerprint density at radius 3 is 2.62 bits per heavy atom. The molecule has 3 heterocycles. The summed E-state index contributed by atoms with van der Waals surface area (Å²) in [6.45, 7) is 3.18. The standard InChI is InChI=1S/C23H25FN6O3S/c1-16-13-18(6-8-20(16)24)23-25-27-30(26-23)15-22(31)29-12-4-5-17-14-19(7-9-21(17)29)34(32,33)28-10-2-3-11-28/h6-9,13-14H,2-5,10-12,15H2,1H3. The number of aromatic nitrogens is 4. The molecule has 0 N–H and O–H groups in total. The summed E-state index contributed by atoms with van der Waals surface area (Å²) < 4.78 is 40.9. The number of aryl methyl sites for hydroxylation is 2. The van der Waals surface area contributed by atoms with Gasteiger partial charge >= 0.3 is 0 Å². The van der Waals surface area contributed by atoms with Crippen LogP contribution in [0.3, 0.4) is 0 Å². The fourth-order valence-corrected chi connectivity index (χ4v) is 6.05. The SMILES string of the molecule is Cc1cc(-c2nnn(CC(=O)N3CCCc4cc(S(=O)(=O)N5CCCC5)ccc43)n2)ccc1F. The van der Waals surface area contributed by atoms with Crippen LogP contribution in [0.1, 0.15) is 30.4 Å². The molecule has 0 aliphatic carbocycles. The molecule has 2 aliphatic heterocycles. The average Bonchev–Trinajstić information content (AvgIpc) is 3.53. The van der Waals surface area contributed by atoms with E-state index in [9.17, 15) is 17.6 Å². The third-order valence-electron chi connectivity index (χ3n) is 6.32. The third-order valence-corrected chi connectivity index (χ3v) is 8.21. The molecule has 11 heteroatoms. The highest BCUT2D eigenvalue weighted by Gasteiger charge is 2.30. The van der Waals surface area contributed by atoms with Crippen molar-refractivity contribution in [1.82, 2.24) is 24.5 Å². The number of hydrogen-bond donors (Lipinski definition) is 0. The zero-order valence-corrected chi connectivity index (χ0v) is 19.6. The highest BCUT2D eigenvalue weighted by atomic mass is 32.2. The largest absolute Gasteiger partial charge is 0.310 e. The number of carbonyl (C=O) groups excluding carboxylic acids is 1. The van der Waals surface area contributed by atoms with Gasteiger partial charge in [-0.1, -0.05) is 0 Å². The Morgan fingerprint density at radius 1 is 1.06 bits per heavy atom. The fourth-order valence-electron chi connectivity index (χ4n) is 4.49. The first-order chi connectivity index (χ1) is 16.3. The maximum atomic E-state index is 13.5. The van der Waals surface area contributed by atoms with Gasteiger partial charge in [-0.2, -0.15) is 9.10 Å². The number of halogens is 1. The van der Waals surface area contributed by atoms with E-state index in [2.05, 4.69) is 15.4 Å². The minimum atomic E-state index is -3.51. The molecule has 9 nitrogen and oxygen atoms in total. The van der Waals surface area contributed by atoms with Crippen molar-refractivity contribution < 1.29 is 17.6 Å². The predicted molar refractivity (Wildman–Crippen MR) is 123 cm³/mol. The molecule has 5 rings (SSSR count). The number of tetrazole rings is 1. The highest BCUT2D eigenvalue weighted by Crippen LogP contribution is 2.31. The van der Waals surface area contributed by atoms with E-state index >= 15 is 0 Å². The summed E-state index contributed by atoms with van der Waals surface area (Å²) in [4.78, 5) is 16.2.